The maximum absolute atomic E-state index is 11.3. The van der Waals surface area contributed by atoms with Gasteiger partial charge in [0.1, 0.15) is 12.4 Å². The van der Waals surface area contributed by atoms with E-state index in [1.807, 2.05) is 36.4 Å². The number of hydrogen-bond acceptors (Lipinski definition) is 2. The van der Waals surface area contributed by atoms with E-state index in [0.717, 1.165) is 30.6 Å². The minimum Gasteiger partial charge on any atom is -0.489 e. The Kier molecular flexibility index (Phi) is 2.96. The van der Waals surface area contributed by atoms with Crippen molar-refractivity contribution in [2.75, 3.05) is 0 Å². The largest absolute Gasteiger partial charge is 0.489 e. The van der Waals surface area contributed by atoms with Crippen LogP contribution in [0.5, 0.6) is 5.75 Å². The van der Waals surface area contributed by atoms with Crippen LogP contribution in [0.3, 0.4) is 0 Å². The highest BCUT2D eigenvalue weighted by molar-refractivity contribution is 5.78. The number of carbonyl (C=O) groups is 1. The Balaban J connectivity index is 1.55. The van der Waals surface area contributed by atoms with Gasteiger partial charge < -0.3 is 9.84 Å². The molecule has 2 aliphatic rings. The zero-order valence-electron chi connectivity index (χ0n) is 12.3. The van der Waals surface area contributed by atoms with Gasteiger partial charge in [0, 0.05) is 5.41 Å². The molecule has 0 unspecified atom stereocenters. The molecule has 0 saturated heterocycles. The van der Waals surface area contributed by atoms with Crippen LogP contribution >= 0.6 is 0 Å². The van der Waals surface area contributed by atoms with Gasteiger partial charge in [-0.2, -0.15) is 0 Å². The molecular weight excluding hydrogens is 276 g/mol. The van der Waals surface area contributed by atoms with Gasteiger partial charge in [0.2, 0.25) is 0 Å². The maximum Gasteiger partial charge on any atom is 0.307 e. The molecule has 4 rings (SSSR count). The third-order valence-corrected chi connectivity index (χ3v) is 5.08. The van der Waals surface area contributed by atoms with Crippen molar-refractivity contribution in [1.29, 1.82) is 0 Å². The van der Waals surface area contributed by atoms with E-state index < -0.39 is 5.97 Å². The first-order valence-electron chi connectivity index (χ1n) is 7.72. The molecule has 1 N–H and O–H groups in total. The predicted octanol–water partition coefficient (Wildman–Crippen LogP) is 3.55. The first-order chi connectivity index (χ1) is 10.7. The summed E-state index contributed by atoms with van der Waals surface area (Å²) in [5.74, 6) is -0.0403. The summed E-state index contributed by atoms with van der Waals surface area (Å²) in [6, 6.07) is 16.2. The molecule has 22 heavy (non-hydrogen) atoms. The van der Waals surface area contributed by atoms with Crippen molar-refractivity contribution in [2.45, 2.75) is 31.3 Å². The van der Waals surface area contributed by atoms with Gasteiger partial charge in [-0.1, -0.05) is 36.4 Å². The van der Waals surface area contributed by atoms with Gasteiger partial charge in [0.05, 0.1) is 5.92 Å². The average Bonchev–Trinajstić information content (AvgIpc) is 3.18. The van der Waals surface area contributed by atoms with Crippen LogP contribution in [0.1, 0.15) is 29.5 Å². The van der Waals surface area contributed by atoms with Crippen molar-refractivity contribution in [2.24, 2.45) is 5.92 Å². The summed E-state index contributed by atoms with van der Waals surface area (Å²) in [5.41, 5.74) is 3.50. The summed E-state index contributed by atoms with van der Waals surface area (Å²) in [4.78, 5) is 11.3. The highest BCUT2D eigenvalue weighted by Crippen LogP contribution is 2.61. The molecule has 2 aromatic rings. The van der Waals surface area contributed by atoms with E-state index in [-0.39, 0.29) is 11.3 Å². The number of carboxylic acids is 1. The van der Waals surface area contributed by atoms with Crippen molar-refractivity contribution in [3.05, 3.63) is 65.2 Å². The van der Waals surface area contributed by atoms with E-state index in [2.05, 4.69) is 12.1 Å². The molecule has 0 bridgehead atoms. The highest BCUT2D eigenvalue weighted by atomic mass is 16.5. The number of ether oxygens (including phenoxy) is 1. The van der Waals surface area contributed by atoms with E-state index in [1.54, 1.807) is 0 Å². The zero-order chi connectivity index (χ0) is 15.2. The van der Waals surface area contributed by atoms with E-state index in [4.69, 9.17) is 4.74 Å². The fraction of sp³-hybridized carbons (Fsp3) is 0.316. The molecule has 2 aliphatic carbocycles. The minimum absolute atomic E-state index is 0.118. The van der Waals surface area contributed by atoms with Crippen LogP contribution in [-0.4, -0.2) is 11.1 Å². The Labute approximate surface area is 129 Å². The van der Waals surface area contributed by atoms with Crippen LogP contribution in [0.2, 0.25) is 0 Å². The lowest BCUT2D eigenvalue weighted by molar-refractivity contribution is -0.139. The van der Waals surface area contributed by atoms with Crippen molar-refractivity contribution >= 4 is 5.97 Å². The maximum atomic E-state index is 11.3. The second-order valence-electron chi connectivity index (χ2n) is 6.34. The molecule has 0 aromatic heterocycles. The smallest absolute Gasteiger partial charge is 0.307 e. The summed E-state index contributed by atoms with van der Waals surface area (Å²) < 4.78 is 5.89. The van der Waals surface area contributed by atoms with Crippen molar-refractivity contribution in [3.63, 3.8) is 0 Å². The summed E-state index contributed by atoms with van der Waals surface area (Å²) in [5, 5.41) is 9.29. The predicted molar refractivity (Wildman–Crippen MR) is 83.0 cm³/mol. The van der Waals surface area contributed by atoms with E-state index in [0.29, 0.717) is 6.61 Å². The molecule has 3 heteroatoms. The molecule has 1 saturated carbocycles. The van der Waals surface area contributed by atoms with E-state index >= 15 is 0 Å². The van der Waals surface area contributed by atoms with Crippen LogP contribution in [-0.2, 0) is 23.2 Å². The molecule has 2 atom stereocenters. The van der Waals surface area contributed by atoms with Gasteiger partial charge in [-0.05, 0) is 48.1 Å². The lowest BCUT2D eigenvalue weighted by Crippen LogP contribution is -2.11. The van der Waals surface area contributed by atoms with Gasteiger partial charge in [0.25, 0.3) is 0 Å². The Hall–Kier alpha value is -2.29. The van der Waals surface area contributed by atoms with Gasteiger partial charge in [-0.3, -0.25) is 4.79 Å². The molecule has 112 valence electrons. The fourth-order valence-electron chi connectivity index (χ4n) is 3.76. The monoisotopic (exact) mass is 294 g/mol. The number of hydrogen-bond donors (Lipinski definition) is 1. The Bertz CT molecular complexity index is 723. The standard InChI is InChI=1S/C19H18O3/c20-18(21)17-11-19(17)9-8-14-6-7-15(10-16(14)19)22-12-13-4-2-1-3-5-13/h1-7,10,17H,8-9,11-12H2,(H,20,21)/t17-,19-/m0/s1. The molecule has 2 aromatic carbocycles. The molecule has 0 radical (unpaired) electrons. The zero-order valence-corrected chi connectivity index (χ0v) is 12.3. The number of aliphatic carboxylic acids is 1. The van der Waals surface area contributed by atoms with Gasteiger partial charge in [0.15, 0.2) is 0 Å². The topological polar surface area (TPSA) is 46.5 Å². The number of carboxylic acid groups (broad SMARTS) is 1. The number of benzene rings is 2. The Morgan fingerprint density at radius 1 is 1.23 bits per heavy atom. The van der Waals surface area contributed by atoms with Gasteiger partial charge >= 0.3 is 5.97 Å². The molecule has 1 spiro atoms. The van der Waals surface area contributed by atoms with Crippen LogP contribution in [0.4, 0.5) is 0 Å². The Morgan fingerprint density at radius 3 is 2.77 bits per heavy atom. The summed E-state index contributed by atoms with van der Waals surface area (Å²) in [6.07, 6.45) is 2.72. The highest BCUT2D eigenvalue weighted by Gasteiger charge is 2.61. The van der Waals surface area contributed by atoms with Gasteiger partial charge in [-0.25, -0.2) is 0 Å². The lowest BCUT2D eigenvalue weighted by atomic mass is 9.95. The SMILES string of the molecule is O=C(O)[C@@H]1C[C@]12CCc1ccc(OCc3ccccc3)cc12. The van der Waals surface area contributed by atoms with Gasteiger partial charge in [-0.15, -0.1) is 0 Å². The summed E-state index contributed by atoms with van der Waals surface area (Å²) in [6.45, 7) is 0.537. The van der Waals surface area contributed by atoms with E-state index in [1.165, 1.54) is 11.1 Å². The Morgan fingerprint density at radius 2 is 2.05 bits per heavy atom. The molecule has 1 fully saturated rings. The third-order valence-electron chi connectivity index (χ3n) is 5.08. The third kappa shape index (κ3) is 2.08. The van der Waals surface area contributed by atoms with E-state index in [9.17, 15) is 9.90 Å². The molecular formula is C19H18O3. The lowest BCUT2D eigenvalue weighted by Gasteiger charge is -2.12. The summed E-state index contributed by atoms with van der Waals surface area (Å²) >= 11 is 0. The molecule has 0 amide bonds. The first-order valence-corrected chi connectivity index (χ1v) is 7.72. The second-order valence-corrected chi connectivity index (χ2v) is 6.34. The summed E-state index contributed by atoms with van der Waals surface area (Å²) in [7, 11) is 0. The first kappa shape index (κ1) is 13.4. The molecule has 3 nitrogen and oxygen atoms in total. The fourth-order valence-corrected chi connectivity index (χ4v) is 3.76. The van der Waals surface area contributed by atoms with Crippen molar-refractivity contribution < 1.29 is 14.6 Å². The van der Waals surface area contributed by atoms with Crippen LogP contribution in [0.25, 0.3) is 0 Å². The molecule has 0 heterocycles. The number of rotatable bonds is 4. The van der Waals surface area contributed by atoms with Crippen LogP contribution in [0, 0.1) is 5.92 Å². The van der Waals surface area contributed by atoms with Crippen LogP contribution < -0.4 is 4.74 Å². The van der Waals surface area contributed by atoms with Crippen molar-refractivity contribution in [1.82, 2.24) is 0 Å². The molecule has 0 aliphatic heterocycles. The van der Waals surface area contributed by atoms with Crippen LogP contribution in [0.15, 0.2) is 48.5 Å². The number of fused-ring (bicyclic) bond motifs is 2. The average molecular weight is 294 g/mol. The second kappa shape index (κ2) is 4.87. The number of aryl methyl sites for hydroxylation is 1. The minimum atomic E-state index is -0.663. The normalized spacial score (nSPS) is 25.0. The quantitative estimate of drug-likeness (QED) is 0.938. The van der Waals surface area contributed by atoms with Crippen molar-refractivity contribution in [3.8, 4) is 5.75 Å².